The Labute approximate surface area is 371 Å². The Morgan fingerprint density at radius 1 is 0.234 bits per heavy atom. The Bertz CT molecular complexity index is 4150. The molecule has 14 aromatic carbocycles. The molecule has 0 nitrogen and oxygen atoms in total. The van der Waals surface area contributed by atoms with Crippen LogP contribution >= 0.6 is 0 Å². The van der Waals surface area contributed by atoms with E-state index in [1.165, 1.54) is 147 Å². The summed E-state index contributed by atoms with van der Waals surface area (Å²) in [5.41, 5.74) is 11.4. The molecule has 0 aliphatic rings. The van der Waals surface area contributed by atoms with E-state index in [0.717, 1.165) is 0 Å². The van der Waals surface area contributed by atoms with Crippen molar-refractivity contribution in [1.29, 1.82) is 0 Å². The fourth-order valence-electron chi connectivity index (χ4n) is 11.6. The van der Waals surface area contributed by atoms with Crippen molar-refractivity contribution in [3.63, 3.8) is 0 Å². The second kappa shape index (κ2) is 12.9. The summed E-state index contributed by atoms with van der Waals surface area (Å²) < 4.78 is 0. The van der Waals surface area contributed by atoms with Crippen LogP contribution in [0.15, 0.2) is 200 Å². The molecule has 0 bridgehead atoms. The summed E-state index contributed by atoms with van der Waals surface area (Å²) in [7, 11) is 0. The molecule has 0 saturated heterocycles. The zero-order chi connectivity index (χ0) is 42.4. The summed E-state index contributed by atoms with van der Waals surface area (Å²) in [5.74, 6) is 0. The minimum atomic E-state index is 0.0167. The molecule has 0 spiro atoms. The quantitative estimate of drug-likeness (QED) is 0.155. The minimum Gasteiger partial charge on any atom is -0.0622 e. The van der Waals surface area contributed by atoms with E-state index in [0.29, 0.717) is 0 Å². The minimum absolute atomic E-state index is 0.0167. The molecule has 0 saturated carbocycles. The normalized spacial score (nSPS) is 12.6. The Balaban J connectivity index is 1.24. The first-order valence-electron chi connectivity index (χ1n) is 22.7. The molecule has 0 fully saturated rings. The van der Waals surface area contributed by atoms with Crippen LogP contribution in [0.25, 0.3) is 141 Å². The van der Waals surface area contributed by atoms with Crippen LogP contribution in [0.1, 0.15) is 26.3 Å². The van der Waals surface area contributed by atoms with Crippen molar-refractivity contribution in [2.45, 2.75) is 26.2 Å². The van der Waals surface area contributed by atoms with E-state index in [-0.39, 0.29) is 5.41 Å². The molecule has 0 aliphatic carbocycles. The lowest BCUT2D eigenvalue weighted by molar-refractivity contribution is 0.591. The first kappa shape index (κ1) is 35.8. The first-order valence-corrected chi connectivity index (χ1v) is 22.7. The van der Waals surface area contributed by atoms with E-state index in [4.69, 9.17) is 0 Å². The van der Waals surface area contributed by atoms with Gasteiger partial charge < -0.3 is 0 Å². The number of hydrogen-bond donors (Lipinski definition) is 0. The Hall–Kier alpha value is -7.80. The first-order chi connectivity index (χ1) is 31.4. The van der Waals surface area contributed by atoms with Gasteiger partial charge in [0.2, 0.25) is 0 Å². The topological polar surface area (TPSA) is 0 Å². The lowest BCUT2D eigenvalue weighted by atomic mass is 9.83. The molecule has 0 aliphatic heterocycles. The molecule has 0 heterocycles. The molecule has 0 N–H and O–H groups in total. The van der Waals surface area contributed by atoms with Crippen molar-refractivity contribution >= 4 is 97.0 Å². The number of benzene rings is 12. The predicted molar refractivity (Wildman–Crippen MR) is 278 cm³/mol. The van der Waals surface area contributed by atoms with Crippen molar-refractivity contribution in [2.24, 2.45) is 0 Å². The Morgan fingerprint density at radius 3 is 1.22 bits per heavy atom. The van der Waals surface area contributed by atoms with Crippen LogP contribution in [-0.2, 0) is 5.41 Å². The second-order valence-electron chi connectivity index (χ2n) is 19.2. The molecule has 14 rings (SSSR count). The third kappa shape index (κ3) is 4.94. The van der Waals surface area contributed by atoms with Crippen LogP contribution in [0, 0.1) is 0 Å². The summed E-state index contributed by atoms with van der Waals surface area (Å²) in [6.45, 7) is 7.00. The molecule has 0 amide bonds. The monoisotopic (exact) mass is 810 g/mol. The second-order valence-corrected chi connectivity index (χ2v) is 19.2. The summed E-state index contributed by atoms with van der Waals surface area (Å²) in [5, 5.41) is 23.8. The van der Waals surface area contributed by atoms with Crippen LogP contribution in [-0.4, -0.2) is 0 Å². The highest BCUT2D eigenvalue weighted by Crippen LogP contribution is 2.55. The van der Waals surface area contributed by atoms with E-state index in [1.54, 1.807) is 0 Å². The highest BCUT2D eigenvalue weighted by molar-refractivity contribution is 6.46. The van der Waals surface area contributed by atoms with Gasteiger partial charge in [-0.15, -0.1) is 0 Å². The molecular formula is C64H42. The van der Waals surface area contributed by atoms with Gasteiger partial charge in [0.25, 0.3) is 0 Å². The van der Waals surface area contributed by atoms with Crippen LogP contribution in [0.5, 0.6) is 0 Å². The van der Waals surface area contributed by atoms with E-state index in [2.05, 4.69) is 221 Å². The number of rotatable bonds is 4. The molecule has 0 heteroatoms. The fourth-order valence-corrected chi connectivity index (χ4v) is 11.6. The summed E-state index contributed by atoms with van der Waals surface area (Å²) in [4.78, 5) is 0. The van der Waals surface area contributed by atoms with Crippen LogP contribution < -0.4 is 0 Å². The highest BCUT2D eigenvalue weighted by Gasteiger charge is 2.28. The summed E-state index contributed by atoms with van der Waals surface area (Å²) in [6, 6.07) is 76.0. The van der Waals surface area contributed by atoms with Gasteiger partial charge in [-0.3, -0.25) is 0 Å². The van der Waals surface area contributed by atoms with Crippen LogP contribution in [0.2, 0.25) is 0 Å². The molecule has 14 aromatic rings. The van der Waals surface area contributed by atoms with Gasteiger partial charge in [-0.1, -0.05) is 178 Å². The maximum absolute atomic E-state index is 2.57. The Morgan fingerprint density at radius 2 is 0.688 bits per heavy atom. The van der Waals surface area contributed by atoms with Gasteiger partial charge in [-0.2, -0.15) is 0 Å². The van der Waals surface area contributed by atoms with Crippen molar-refractivity contribution in [3.8, 4) is 44.5 Å². The summed E-state index contributed by atoms with van der Waals surface area (Å²) >= 11 is 0. The third-order valence-electron chi connectivity index (χ3n) is 14.5. The maximum Gasteiger partial charge on any atom is -0.000719 e. The lowest BCUT2D eigenvalue weighted by Crippen LogP contribution is -2.10. The molecule has 0 unspecified atom stereocenters. The number of hydrogen-bond acceptors (Lipinski definition) is 0. The largest absolute Gasteiger partial charge is 0.0622 e. The molecule has 0 aromatic heterocycles. The molecule has 64 heavy (non-hydrogen) atoms. The molecular weight excluding hydrogens is 769 g/mol. The van der Waals surface area contributed by atoms with Crippen molar-refractivity contribution < 1.29 is 0 Å². The van der Waals surface area contributed by atoms with E-state index >= 15 is 0 Å². The molecule has 298 valence electrons. The van der Waals surface area contributed by atoms with Crippen molar-refractivity contribution in [3.05, 3.63) is 206 Å². The SMILES string of the molecule is CC(C)(C)c1cc2ccc3ccc4c5c(-c6ccccc6)c6cc7c(cc6c(-c6ccccc6)c5c5cc(c1)c2c3c45)c1cc(-c2ccccc2)cc2cc(-c3ccccc3)cc7c21. The summed E-state index contributed by atoms with van der Waals surface area (Å²) in [6.07, 6.45) is 0. The number of fused-ring (bicyclic) bond motifs is 7. The van der Waals surface area contributed by atoms with Gasteiger partial charge >= 0.3 is 0 Å². The fraction of sp³-hybridized carbons (Fsp3) is 0.0625. The van der Waals surface area contributed by atoms with Gasteiger partial charge in [0.15, 0.2) is 0 Å². The average molecular weight is 811 g/mol. The maximum atomic E-state index is 2.57. The van der Waals surface area contributed by atoms with Gasteiger partial charge in [-0.25, -0.2) is 0 Å². The van der Waals surface area contributed by atoms with E-state index in [9.17, 15) is 0 Å². The lowest BCUT2D eigenvalue weighted by Gasteiger charge is -2.21. The van der Waals surface area contributed by atoms with Gasteiger partial charge in [-0.05, 0) is 195 Å². The van der Waals surface area contributed by atoms with E-state index in [1.807, 2.05) is 0 Å². The Kier molecular flexibility index (Phi) is 7.20. The molecule has 0 atom stereocenters. The third-order valence-corrected chi connectivity index (χ3v) is 14.5. The van der Waals surface area contributed by atoms with E-state index < -0.39 is 0 Å². The van der Waals surface area contributed by atoms with Gasteiger partial charge in [0, 0.05) is 0 Å². The van der Waals surface area contributed by atoms with Crippen LogP contribution in [0.3, 0.4) is 0 Å². The van der Waals surface area contributed by atoms with Crippen molar-refractivity contribution in [1.82, 2.24) is 0 Å². The smallest absolute Gasteiger partial charge is 0.000719 e. The van der Waals surface area contributed by atoms with Crippen molar-refractivity contribution in [2.75, 3.05) is 0 Å². The standard InChI is InChI=1S/C64H42/c1-64(2,3)47-30-42-25-24-41-26-27-48-61-55(34-46(31-47)56(42)60(41)61)63-59(40-22-14-7-15-23-40)54-36-50-49(35-53(54)58(62(48)63)39-20-12-6-13-21-39)51-32-43(37-16-8-4-9-17-37)28-45-29-44(33-52(50)57(45)51)38-18-10-5-11-19-38/h4-36H,1-3H3. The van der Waals surface area contributed by atoms with Gasteiger partial charge in [0.05, 0.1) is 0 Å². The zero-order valence-corrected chi connectivity index (χ0v) is 36.1. The van der Waals surface area contributed by atoms with Crippen LogP contribution in [0.4, 0.5) is 0 Å². The highest BCUT2D eigenvalue weighted by atomic mass is 14.3. The van der Waals surface area contributed by atoms with Gasteiger partial charge in [0.1, 0.15) is 0 Å². The average Bonchev–Trinajstić information content (AvgIpc) is 3.83. The predicted octanol–water partition coefficient (Wildman–Crippen LogP) is 18.3. The molecule has 0 radical (unpaired) electrons. The zero-order valence-electron chi connectivity index (χ0n) is 36.1.